The number of carbonyl (C=O) groups is 4. The van der Waals surface area contributed by atoms with E-state index in [4.69, 9.17) is 4.74 Å². The first-order valence-electron chi connectivity index (χ1n) is 16.4. The van der Waals surface area contributed by atoms with E-state index in [0.717, 1.165) is 11.1 Å². The first-order chi connectivity index (χ1) is 22.0. The van der Waals surface area contributed by atoms with Crippen molar-refractivity contribution in [2.45, 2.75) is 83.6 Å². The molecule has 46 heavy (non-hydrogen) atoms. The molecular formula is C36H49N5O5. The zero-order valence-electron chi connectivity index (χ0n) is 27.9. The van der Waals surface area contributed by atoms with Crippen LogP contribution in [0, 0.1) is 11.8 Å². The number of carbonyl (C=O) groups excluding carboxylic acids is 4. The normalized spacial score (nSPS) is 23.2. The largest absolute Gasteiger partial charge is 0.488 e. The van der Waals surface area contributed by atoms with E-state index in [2.05, 4.69) is 16.0 Å². The number of nitrogens with one attached hydrogen (secondary N) is 3. The predicted molar refractivity (Wildman–Crippen MR) is 179 cm³/mol. The summed E-state index contributed by atoms with van der Waals surface area (Å²) in [5, 5.41) is 8.82. The molecule has 10 heteroatoms. The number of amides is 4. The Bertz CT molecular complexity index is 1380. The third-order valence-corrected chi connectivity index (χ3v) is 9.33. The number of likely N-dealkylation sites (tertiary alicyclic amines) is 1. The van der Waals surface area contributed by atoms with Crippen molar-refractivity contribution in [1.29, 1.82) is 0 Å². The highest BCUT2D eigenvalue weighted by Gasteiger charge is 2.47. The second-order valence-electron chi connectivity index (χ2n) is 12.7. The molecule has 3 aliphatic rings. The predicted octanol–water partition coefficient (Wildman–Crippen LogP) is 3.37. The summed E-state index contributed by atoms with van der Waals surface area (Å²) in [6.45, 7) is 8.04. The van der Waals surface area contributed by atoms with E-state index in [1.165, 1.54) is 4.90 Å². The van der Waals surface area contributed by atoms with Gasteiger partial charge in [0.1, 0.15) is 30.0 Å². The van der Waals surface area contributed by atoms with Gasteiger partial charge in [-0.05, 0) is 61.7 Å². The lowest BCUT2D eigenvalue weighted by molar-refractivity contribution is -0.145. The molecule has 10 nitrogen and oxygen atoms in total. The van der Waals surface area contributed by atoms with Crippen molar-refractivity contribution in [3.05, 3.63) is 71.9 Å². The highest BCUT2D eigenvalue weighted by molar-refractivity contribution is 5.96. The maximum Gasteiger partial charge on any atom is 0.247 e. The monoisotopic (exact) mass is 631 g/mol. The van der Waals surface area contributed by atoms with Crippen molar-refractivity contribution in [3.63, 3.8) is 0 Å². The maximum atomic E-state index is 14.4. The van der Waals surface area contributed by atoms with Crippen molar-refractivity contribution in [3.8, 4) is 5.75 Å². The Morgan fingerprint density at radius 3 is 2.33 bits per heavy atom. The molecule has 3 N–H and O–H groups in total. The minimum atomic E-state index is -0.998. The molecular weight excluding hydrogens is 582 g/mol. The van der Waals surface area contributed by atoms with Crippen molar-refractivity contribution >= 4 is 29.7 Å². The molecule has 5 rings (SSSR count). The topological polar surface area (TPSA) is 120 Å². The number of rotatable bonds is 10. The van der Waals surface area contributed by atoms with Crippen LogP contribution in [0.4, 0.5) is 0 Å². The molecule has 3 heterocycles. The van der Waals surface area contributed by atoms with Gasteiger partial charge in [0.15, 0.2) is 0 Å². The Kier molecular flexibility index (Phi) is 12.0. The zero-order chi connectivity index (χ0) is 33.4. The summed E-state index contributed by atoms with van der Waals surface area (Å²) < 4.78 is 6.35. The van der Waals surface area contributed by atoms with Crippen LogP contribution in [0.25, 0.3) is 6.08 Å². The van der Waals surface area contributed by atoms with Crippen LogP contribution >= 0.6 is 0 Å². The standard InChI is InChI=1S/C36H49N5O5/c1-7-23(3)30-34(43)37-20-18-25-14-16-27(17-15-25)46-29-19-21-41(32(29)35(44)38-30)36(45)31(24(4)8-2)39-33(42)28(40(5)6)22-26-12-10-9-11-13-26/h9-18,20,23-24,28-32H,7-8,19,21-22H2,1-6H3,(H,37,43)(H,38,44)(H,39,42)/b20-18-/t23-,24+,28+,29-,30+,31+,32+/m0/s1. The zero-order valence-corrected chi connectivity index (χ0v) is 27.9. The molecule has 0 spiro atoms. The number of likely N-dealkylation sites (N-methyl/N-ethyl adjacent to an activating group) is 1. The number of nitrogens with zero attached hydrogens (tertiary/aromatic N) is 2. The molecule has 2 aromatic rings. The molecule has 0 radical (unpaired) electrons. The van der Waals surface area contributed by atoms with E-state index < -0.39 is 36.2 Å². The summed E-state index contributed by atoms with van der Waals surface area (Å²) >= 11 is 0. The van der Waals surface area contributed by atoms with Gasteiger partial charge in [0.25, 0.3) is 0 Å². The molecule has 7 atom stereocenters. The lowest BCUT2D eigenvalue weighted by Gasteiger charge is -2.35. The van der Waals surface area contributed by atoms with Crippen molar-refractivity contribution in [1.82, 2.24) is 25.8 Å². The van der Waals surface area contributed by atoms with Gasteiger partial charge in [0.05, 0.1) is 6.04 Å². The molecule has 2 bridgehead atoms. The summed E-state index contributed by atoms with van der Waals surface area (Å²) in [5.41, 5.74) is 1.89. The number of benzene rings is 2. The average molecular weight is 632 g/mol. The SMILES string of the molecule is CC[C@@H](C)[C@@H](NC(=O)[C@@H](Cc1ccccc1)N(C)C)C(=O)N1CC[C@@H]2Oc3ccc(cc3)/C=C\NC(=O)[C@@H]([C@@H](C)CC)NC(=O)[C@@H]21. The van der Waals surface area contributed by atoms with Crippen LogP contribution in [0.3, 0.4) is 0 Å². The summed E-state index contributed by atoms with van der Waals surface area (Å²) in [6, 6.07) is 14.0. The van der Waals surface area contributed by atoms with Crippen molar-refractivity contribution < 1.29 is 23.9 Å². The fourth-order valence-electron chi connectivity index (χ4n) is 5.99. The molecule has 1 saturated heterocycles. The third kappa shape index (κ3) is 8.34. The number of hydrogen-bond donors (Lipinski definition) is 3. The fraction of sp³-hybridized carbons (Fsp3) is 0.500. The Morgan fingerprint density at radius 2 is 1.70 bits per heavy atom. The van der Waals surface area contributed by atoms with Crippen LogP contribution < -0.4 is 20.7 Å². The molecule has 3 aliphatic heterocycles. The maximum absolute atomic E-state index is 14.4. The van der Waals surface area contributed by atoms with Crippen LogP contribution in [-0.2, 0) is 25.6 Å². The lowest BCUT2D eigenvalue weighted by atomic mass is 9.95. The van der Waals surface area contributed by atoms with E-state index >= 15 is 0 Å². The van der Waals surface area contributed by atoms with Gasteiger partial charge >= 0.3 is 0 Å². The summed E-state index contributed by atoms with van der Waals surface area (Å²) in [4.78, 5) is 59.0. The third-order valence-electron chi connectivity index (χ3n) is 9.33. The highest BCUT2D eigenvalue weighted by atomic mass is 16.5. The van der Waals surface area contributed by atoms with Gasteiger partial charge < -0.3 is 25.6 Å². The quantitative estimate of drug-likeness (QED) is 0.370. The number of hydrogen-bond acceptors (Lipinski definition) is 6. The van der Waals surface area contributed by atoms with E-state index in [9.17, 15) is 19.2 Å². The smallest absolute Gasteiger partial charge is 0.247 e. The van der Waals surface area contributed by atoms with Crippen molar-refractivity contribution in [2.75, 3.05) is 20.6 Å². The molecule has 248 valence electrons. The first kappa shape index (κ1) is 34.7. The van der Waals surface area contributed by atoms with Gasteiger partial charge in [0, 0.05) is 19.2 Å². The number of fused-ring (bicyclic) bond motifs is 7. The van der Waals surface area contributed by atoms with Crippen LogP contribution in [0.1, 0.15) is 58.1 Å². The Morgan fingerprint density at radius 1 is 1.00 bits per heavy atom. The second kappa shape index (κ2) is 15.9. The molecule has 4 amide bonds. The van der Waals surface area contributed by atoms with Gasteiger partial charge in [-0.15, -0.1) is 0 Å². The van der Waals surface area contributed by atoms with Gasteiger partial charge in [-0.3, -0.25) is 24.1 Å². The van der Waals surface area contributed by atoms with Crippen LogP contribution in [0.5, 0.6) is 5.75 Å². The lowest BCUT2D eigenvalue weighted by Crippen LogP contribution is -2.61. The minimum Gasteiger partial charge on any atom is -0.488 e. The molecule has 0 aromatic heterocycles. The van der Waals surface area contributed by atoms with E-state index in [1.54, 1.807) is 12.3 Å². The summed E-state index contributed by atoms with van der Waals surface area (Å²) in [5.74, 6) is -1.16. The van der Waals surface area contributed by atoms with Gasteiger partial charge in [-0.2, -0.15) is 0 Å². The van der Waals surface area contributed by atoms with E-state index in [0.29, 0.717) is 31.4 Å². The molecule has 0 saturated carbocycles. The Hall–Kier alpha value is -4.18. The van der Waals surface area contributed by atoms with E-state index in [1.807, 2.05) is 101 Å². The molecule has 1 fully saturated rings. The summed E-state index contributed by atoms with van der Waals surface area (Å²) in [7, 11) is 3.70. The number of ether oxygens (including phenoxy) is 1. The molecule has 0 aliphatic carbocycles. The van der Waals surface area contributed by atoms with Gasteiger partial charge in [0.2, 0.25) is 23.6 Å². The van der Waals surface area contributed by atoms with Crippen molar-refractivity contribution in [2.24, 2.45) is 11.8 Å². The molecule has 0 unspecified atom stereocenters. The average Bonchev–Trinajstić information content (AvgIpc) is 3.48. The van der Waals surface area contributed by atoms with Crippen LogP contribution in [-0.4, -0.2) is 84.3 Å². The minimum absolute atomic E-state index is 0.159. The Labute approximate surface area is 272 Å². The first-order valence-corrected chi connectivity index (χ1v) is 16.4. The Balaban J connectivity index is 1.64. The second-order valence-corrected chi connectivity index (χ2v) is 12.7. The fourth-order valence-corrected chi connectivity index (χ4v) is 5.99. The van der Waals surface area contributed by atoms with Gasteiger partial charge in [-0.1, -0.05) is 83.0 Å². The molecule has 2 aromatic carbocycles. The van der Waals surface area contributed by atoms with Gasteiger partial charge in [-0.25, -0.2) is 0 Å². The van der Waals surface area contributed by atoms with E-state index in [-0.39, 0.29) is 36.1 Å². The summed E-state index contributed by atoms with van der Waals surface area (Å²) in [6.07, 6.45) is 4.91. The van der Waals surface area contributed by atoms with Crippen LogP contribution in [0.2, 0.25) is 0 Å². The highest BCUT2D eigenvalue weighted by Crippen LogP contribution is 2.28. The van der Waals surface area contributed by atoms with Crippen LogP contribution in [0.15, 0.2) is 60.8 Å².